The summed E-state index contributed by atoms with van der Waals surface area (Å²) in [5.41, 5.74) is 0. The second-order valence-electron chi connectivity index (χ2n) is 6.08. The van der Waals surface area contributed by atoms with Crippen LogP contribution in [-0.2, 0) is 9.53 Å². The van der Waals surface area contributed by atoms with E-state index in [1.165, 1.54) is 25.7 Å². The maximum absolute atomic E-state index is 12.2. The molecule has 1 saturated heterocycles. The molecule has 2 aliphatic rings. The first-order valence-corrected chi connectivity index (χ1v) is 7.81. The lowest BCUT2D eigenvalue weighted by atomic mass is 9.80. The third kappa shape index (κ3) is 3.93. The quantitative estimate of drug-likeness (QED) is 0.795. The highest BCUT2D eigenvalue weighted by Crippen LogP contribution is 2.29. The van der Waals surface area contributed by atoms with Gasteiger partial charge in [0.1, 0.15) is 0 Å². The maximum Gasteiger partial charge on any atom is 0.227 e. The Balaban J connectivity index is 1.77. The van der Waals surface area contributed by atoms with E-state index in [4.69, 9.17) is 4.74 Å². The molecule has 1 amide bonds. The van der Waals surface area contributed by atoms with Gasteiger partial charge < -0.3 is 15.4 Å². The molecule has 110 valence electrons. The Morgan fingerprint density at radius 1 is 1.26 bits per heavy atom. The SMILES string of the molecule is CCNC1COCC1C(=O)NCC1CCCCC1C. The molecule has 4 heteroatoms. The fourth-order valence-corrected chi connectivity index (χ4v) is 3.34. The van der Waals surface area contributed by atoms with Gasteiger partial charge in [-0.3, -0.25) is 4.79 Å². The van der Waals surface area contributed by atoms with Gasteiger partial charge in [0.2, 0.25) is 5.91 Å². The molecule has 19 heavy (non-hydrogen) atoms. The summed E-state index contributed by atoms with van der Waals surface area (Å²) >= 11 is 0. The van der Waals surface area contributed by atoms with E-state index in [0.717, 1.165) is 19.0 Å². The molecule has 0 aromatic heterocycles. The van der Waals surface area contributed by atoms with Crippen LogP contribution in [0.1, 0.15) is 39.5 Å². The van der Waals surface area contributed by atoms with Crippen LogP contribution >= 0.6 is 0 Å². The van der Waals surface area contributed by atoms with Crippen LogP contribution in [0.4, 0.5) is 0 Å². The molecule has 1 aliphatic heterocycles. The largest absolute Gasteiger partial charge is 0.379 e. The minimum atomic E-state index is -0.0150. The highest BCUT2D eigenvalue weighted by Gasteiger charge is 2.33. The fourth-order valence-electron chi connectivity index (χ4n) is 3.34. The lowest BCUT2D eigenvalue weighted by Gasteiger charge is -2.29. The third-order valence-corrected chi connectivity index (χ3v) is 4.71. The van der Waals surface area contributed by atoms with Crippen molar-refractivity contribution in [2.24, 2.45) is 17.8 Å². The molecule has 1 saturated carbocycles. The Kier molecular flexibility index (Phi) is 5.64. The zero-order valence-electron chi connectivity index (χ0n) is 12.3. The zero-order valence-corrected chi connectivity index (χ0v) is 12.3. The normalized spacial score (nSPS) is 35.3. The summed E-state index contributed by atoms with van der Waals surface area (Å²) in [7, 11) is 0. The predicted molar refractivity (Wildman–Crippen MR) is 75.9 cm³/mol. The van der Waals surface area contributed by atoms with E-state index in [9.17, 15) is 4.79 Å². The second kappa shape index (κ2) is 7.25. The van der Waals surface area contributed by atoms with Gasteiger partial charge in [-0.25, -0.2) is 0 Å². The second-order valence-corrected chi connectivity index (χ2v) is 6.08. The van der Waals surface area contributed by atoms with Crippen molar-refractivity contribution in [2.45, 2.75) is 45.6 Å². The monoisotopic (exact) mass is 268 g/mol. The number of carbonyl (C=O) groups is 1. The van der Waals surface area contributed by atoms with E-state index < -0.39 is 0 Å². The van der Waals surface area contributed by atoms with E-state index in [2.05, 4.69) is 24.5 Å². The summed E-state index contributed by atoms with van der Waals surface area (Å²) in [4.78, 5) is 12.2. The van der Waals surface area contributed by atoms with Gasteiger partial charge in [0.05, 0.1) is 19.1 Å². The number of hydrogen-bond donors (Lipinski definition) is 2. The summed E-state index contributed by atoms with van der Waals surface area (Å²) in [5.74, 6) is 1.57. The average Bonchev–Trinajstić information content (AvgIpc) is 2.86. The van der Waals surface area contributed by atoms with Gasteiger partial charge >= 0.3 is 0 Å². The van der Waals surface area contributed by atoms with Crippen LogP contribution in [0.3, 0.4) is 0 Å². The third-order valence-electron chi connectivity index (χ3n) is 4.71. The molecule has 2 N–H and O–H groups in total. The van der Waals surface area contributed by atoms with E-state index >= 15 is 0 Å². The Hall–Kier alpha value is -0.610. The van der Waals surface area contributed by atoms with Crippen LogP contribution in [0.15, 0.2) is 0 Å². The van der Waals surface area contributed by atoms with Crippen molar-refractivity contribution in [3.63, 3.8) is 0 Å². The van der Waals surface area contributed by atoms with E-state index in [-0.39, 0.29) is 17.9 Å². The van der Waals surface area contributed by atoms with Crippen LogP contribution in [0, 0.1) is 17.8 Å². The number of hydrogen-bond acceptors (Lipinski definition) is 3. The van der Waals surface area contributed by atoms with E-state index in [0.29, 0.717) is 19.1 Å². The van der Waals surface area contributed by atoms with Crippen molar-refractivity contribution in [3.05, 3.63) is 0 Å². The minimum absolute atomic E-state index is 0.0150. The molecular weight excluding hydrogens is 240 g/mol. The van der Waals surface area contributed by atoms with Gasteiger partial charge in [-0.15, -0.1) is 0 Å². The average molecular weight is 268 g/mol. The van der Waals surface area contributed by atoms with Gasteiger partial charge in [0, 0.05) is 12.6 Å². The van der Waals surface area contributed by atoms with Crippen LogP contribution < -0.4 is 10.6 Å². The lowest BCUT2D eigenvalue weighted by Crippen LogP contribution is -2.45. The molecule has 1 aliphatic carbocycles. The van der Waals surface area contributed by atoms with Gasteiger partial charge in [0.15, 0.2) is 0 Å². The lowest BCUT2D eigenvalue weighted by molar-refractivity contribution is -0.125. The van der Waals surface area contributed by atoms with Gasteiger partial charge in [-0.1, -0.05) is 33.1 Å². The minimum Gasteiger partial charge on any atom is -0.379 e. The smallest absolute Gasteiger partial charge is 0.227 e. The van der Waals surface area contributed by atoms with Crippen LogP contribution in [0.2, 0.25) is 0 Å². The summed E-state index contributed by atoms with van der Waals surface area (Å²) in [6.07, 6.45) is 5.24. The Bertz CT molecular complexity index is 296. The molecule has 0 spiro atoms. The predicted octanol–water partition coefficient (Wildman–Crippen LogP) is 1.55. The summed E-state index contributed by atoms with van der Waals surface area (Å²) in [5, 5.41) is 6.49. The van der Waals surface area contributed by atoms with Crippen molar-refractivity contribution >= 4 is 5.91 Å². The molecule has 4 unspecified atom stereocenters. The number of carbonyl (C=O) groups excluding carboxylic acids is 1. The van der Waals surface area contributed by atoms with E-state index in [1.54, 1.807) is 0 Å². The molecule has 4 atom stereocenters. The molecule has 0 aromatic rings. The first-order valence-electron chi connectivity index (χ1n) is 7.81. The molecule has 2 fully saturated rings. The van der Waals surface area contributed by atoms with Crippen molar-refractivity contribution in [2.75, 3.05) is 26.3 Å². The van der Waals surface area contributed by atoms with Crippen LogP contribution in [0.5, 0.6) is 0 Å². The Morgan fingerprint density at radius 3 is 2.79 bits per heavy atom. The first kappa shape index (κ1) is 14.8. The van der Waals surface area contributed by atoms with Crippen molar-refractivity contribution in [3.8, 4) is 0 Å². The summed E-state index contributed by atoms with van der Waals surface area (Å²) in [6, 6.07) is 0.189. The number of amides is 1. The number of likely N-dealkylation sites (N-methyl/N-ethyl adjacent to an activating group) is 1. The van der Waals surface area contributed by atoms with Crippen LogP contribution in [0.25, 0.3) is 0 Å². The molecule has 4 nitrogen and oxygen atoms in total. The van der Waals surface area contributed by atoms with Crippen molar-refractivity contribution < 1.29 is 9.53 Å². The topological polar surface area (TPSA) is 50.4 Å². The highest BCUT2D eigenvalue weighted by molar-refractivity contribution is 5.79. The Morgan fingerprint density at radius 2 is 2.05 bits per heavy atom. The molecular formula is C15H28N2O2. The first-order chi connectivity index (χ1) is 9.22. The van der Waals surface area contributed by atoms with Crippen molar-refractivity contribution in [1.29, 1.82) is 0 Å². The van der Waals surface area contributed by atoms with Crippen LogP contribution in [-0.4, -0.2) is 38.3 Å². The van der Waals surface area contributed by atoms with Gasteiger partial charge in [-0.05, 0) is 24.8 Å². The molecule has 0 radical (unpaired) electrons. The maximum atomic E-state index is 12.2. The van der Waals surface area contributed by atoms with Crippen molar-refractivity contribution in [1.82, 2.24) is 10.6 Å². The number of rotatable bonds is 5. The zero-order chi connectivity index (χ0) is 13.7. The standard InChI is InChI=1S/C15H28N2O2/c1-3-16-14-10-19-9-13(14)15(18)17-8-12-7-5-4-6-11(12)2/h11-14,16H,3-10H2,1-2H3,(H,17,18). The number of ether oxygens (including phenoxy) is 1. The summed E-state index contributed by atoms with van der Waals surface area (Å²) < 4.78 is 5.43. The van der Waals surface area contributed by atoms with E-state index in [1.807, 2.05) is 0 Å². The highest BCUT2D eigenvalue weighted by atomic mass is 16.5. The molecule has 1 heterocycles. The van der Waals surface area contributed by atoms with Gasteiger partial charge in [0.25, 0.3) is 0 Å². The Labute approximate surface area is 116 Å². The molecule has 0 aromatic carbocycles. The summed E-state index contributed by atoms with van der Waals surface area (Å²) in [6.45, 7) is 7.33. The molecule has 0 bridgehead atoms. The van der Waals surface area contributed by atoms with Gasteiger partial charge in [-0.2, -0.15) is 0 Å². The fraction of sp³-hybridized carbons (Fsp3) is 0.933. The molecule has 2 rings (SSSR count). The number of nitrogens with one attached hydrogen (secondary N) is 2.